The Morgan fingerprint density at radius 3 is 2.50 bits per heavy atom. The maximum Gasteiger partial charge on any atom is 0.317 e. The van der Waals surface area contributed by atoms with Gasteiger partial charge in [-0.3, -0.25) is 4.90 Å². The van der Waals surface area contributed by atoms with Crippen LogP contribution in [0.25, 0.3) is 0 Å². The molecule has 1 saturated heterocycles. The van der Waals surface area contributed by atoms with Crippen LogP contribution >= 0.6 is 0 Å². The monoisotopic (exact) mass is 337 g/mol. The van der Waals surface area contributed by atoms with Gasteiger partial charge in [-0.1, -0.05) is 31.4 Å². The van der Waals surface area contributed by atoms with Crippen molar-refractivity contribution in [2.75, 3.05) is 26.2 Å². The van der Waals surface area contributed by atoms with E-state index >= 15 is 0 Å². The lowest BCUT2D eigenvalue weighted by molar-refractivity contribution is 0.131. The number of halogens is 2. The first-order valence-electron chi connectivity index (χ1n) is 8.84. The molecule has 2 aliphatic rings. The van der Waals surface area contributed by atoms with Gasteiger partial charge in [0, 0.05) is 44.3 Å². The van der Waals surface area contributed by atoms with Gasteiger partial charge in [0.25, 0.3) is 0 Å². The van der Waals surface area contributed by atoms with E-state index in [0.717, 1.165) is 18.9 Å². The number of nitrogens with zero attached hydrogens (tertiary/aromatic N) is 2. The highest BCUT2D eigenvalue weighted by atomic mass is 19.2. The molecule has 0 aromatic heterocycles. The number of amides is 2. The van der Waals surface area contributed by atoms with Gasteiger partial charge in [-0.2, -0.15) is 0 Å². The molecule has 132 valence electrons. The molecule has 24 heavy (non-hydrogen) atoms. The number of hydrogen-bond donors (Lipinski definition) is 1. The van der Waals surface area contributed by atoms with Gasteiger partial charge in [0.15, 0.2) is 11.6 Å². The van der Waals surface area contributed by atoms with E-state index in [2.05, 4.69) is 10.2 Å². The van der Waals surface area contributed by atoms with Gasteiger partial charge in [-0.05, 0) is 18.9 Å². The van der Waals surface area contributed by atoms with E-state index in [1.807, 2.05) is 4.90 Å². The van der Waals surface area contributed by atoms with Gasteiger partial charge in [0.05, 0.1) is 0 Å². The van der Waals surface area contributed by atoms with E-state index < -0.39 is 11.6 Å². The fourth-order valence-electron chi connectivity index (χ4n) is 3.53. The Morgan fingerprint density at radius 1 is 1.08 bits per heavy atom. The lowest BCUT2D eigenvalue weighted by Crippen LogP contribution is -2.53. The molecule has 4 nitrogen and oxygen atoms in total. The molecule has 0 spiro atoms. The van der Waals surface area contributed by atoms with Crippen LogP contribution in [0, 0.1) is 11.6 Å². The summed E-state index contributed by atoms with van der Waals surface area (Å²) >= 11 is 0. The Balaban J connectivity index is 1.46. The predicted molar refractivity (Wildman–Crippen MR) is 88.6 cm³/mol. The number of benzene rings is 1. The quantitative estimate of drug-likeness (QED) is 0.920. The number of urea groups is 1. The first kappa shape index (κ1) is 17.1. The predicted octanol–water partition coefficient (Wildman–Crippen LogP) is 3.12. The zero-order chi connectivity index (χ0) is 16.9. The first-order chi connectivity index (χ1) is 11.6. The summed E-state index contributed by atoms with van der Waals surface area (Å²) in [6.07, 6.45) is 5.80. The molecular formula is C18H25F2N3O. The van der Waals surface area contributed by atoms with Gasteiger partial charge < -0.3 is 10.2 Å². The lowest BCUT2D eigenvalue weighted by atomic mass is 9.96. The molecule has 1 N–H and O–H groups in total. The molecule has 6 heteroatoms. The third-order valence-electron chi connectivity index (χ3n) is 5.02. The molecule has 3 rings (SSSR count). The number of carbonyl (C=O) groups excluding carboxylic acids is 1. The minimum absolute atomic E-state index is 0.0125. The lowest BCUT2D eigenvalue weighted by Gasteiger charge is -2.36. The largest absolute Gasteiger partial charge is 0.335 e. The van der Waals surface area contributed by atoms with Crippen LogP contribution in [0.15, 0.2) is 18.2 Å². The van der Waals surface area contributed by atoms with Gasteiger partial charge in [0.1, 0.15) is 0 Å². The highest BCUT2D eigenvalue weighted by molar-refractivity contribution is 5.74. The summed E-state index contributed by atoms with van der Waals surface area (Å²) in [5.41, 5.74) is 0.370. The summed E-state index contributed by atoms with van der Waals surface area (Å²) in [5, 5.41) is 3.13. The van der Waals surface area contributed by atoms with E-state index in [4.69, 9.17) is 0 Å². The molecule has 1 aromatic rings. The normalized spacial score (nSPS) is 20.2. The summed E-state index contributed by atoms with van der Waals surface area (Å²) in [6.45, 7) is 2.97. The molecule has 0 bridgehead atoms. The van der Waals surface area contributed by atoms with Crippen LogP contribution < -0.4 is 5.32 Å². The van der Waals surface area contributed by atoms with Gasteiger partial charge >= 0.3 is 6.03 Å². The zero-order valence-electron chi connectivity index (χ0n) is 13.9. The summed E-state index contributed by atoms with van der Waals surface area (Å²) in [5.74, 6) is -1.58. The Labute approximate surface area is 141 Å². The third kappa shape index (κ3) is 4.23. The smallest absolute Gasteiger partial charge is 0.317 e. The number of carbonyl (C=O) groups is 1. The van der Waals surface area contributed by atoms with Crippen molar-refractivity contribution in [1.82, 2.24) is 15.1 Å². The van der Waals surface area contributed by atoms with E-state index in [0.29, 0.717) is 44.3 Å². The number of hydrogen-bond acceptors (Lipinski definition) is 2. The van der Waals surface area contributed by atoms with E-state index in [-0.39, 0.29) is 6.03 Å². The summed E-state index contributed by atoms with van der Waals surface area (Å²) in [6, 6.07) is 4.60. The molecule has 1 aromatic carbocycles. The first-order valence-corrected chi connectivity index (χ1v) is 8.84. The SMILES string of the molecule is O=C(NC1CCCCC1)N1CCN(Cc2cccc(F)c2F)CC1. The third-order valence-corrected chi connectivity index (χ3v) is 5.02. The minimum atomic E-state index is -0.807. The van der Waals surface area contributed by atoms with Crippen LogP contribution in [0.3, 0.4) is 0 Å². The Hall–Kier alpha value is -1.69. The molecule has 1 heterocycles. The number of piperazine rings is 1. The van der Waals surface area contributed by atoms with Crippen molar-refractivity contribution < 1.29 is 13.6 Å². The Bertz CT molecular complexity index is 567. The van der Waals surface area contributed by atoms with Gasteiger partial charge in [-0.15, -0.1) is 0 Å². The maximum absolute atomic E-state index is 13.7. The highest BCUT2D eigenvalue weighted by Crippen LogP contribution is 2.18. The molecule has 1 aliphatic carbocycles. The maximum atomic E-state index is 13.7. The van der Waals surface area contributed by atoms with Crippen LogP contribution in [-0.2, 0) is 6.54 Å². The molecule has 2 amide bonds. The summed E-state index contributed by atoms with van der Waals surface area (Å²) < 4.78 is 27.0. The van der Waals surface area contributed by atoms with Crippen LogP contribution in [0.4, 0.5) is 13.6 Å². The van der Waals surface area contributed by atoms with Crippen molar-refractivity contribution >= 4 is 6.03 Å². The molecule has 1 aliphatic heterocycles. The Kier molecular flexibility index (Phi) is 5.66. The van der Waals surface area contributed by atoms with Crippen molar-refractivity contribution in [3.63, 3.8) is 0 Å². The van der Waals surface area contributed by atoms with Crippen molar-refractivity contribution in [3.05, 3.63) is 35.4 Å². The number of rotatable bonds is 3. The molecular weight excluding hydrogens is 312 g/mol. The van der Waals surface area contributed by atoms with E-state index in [1.54, 1.807) is 6.07 Å². The van der Waals surface area contributed by atoms with Crippen molar-refractivity contribution in [1.29, 1.82) is 0 Å². The van der Waals surface area contributed by atoms with Crippen LogP contribution in [-0.4, -0.2) is 48.1 Å². The average Bonchev–Trinajstić information content (AvgIpc) is 2.60. The van der Waals surface area contributed by atoms with Gasteiger partial charge in [-0.25, -0.2) is 13.6 Å². The van der Waals surface area contributed by atoms with Crippen LogP contribution in [0.5, 0.6) is 0 Å². The second-order valence-corrected chi connectivity index (χ2v) is 6.76. The summed E-state index contributed by atoms with van der Waals surface area (Å²) in [4.78, 5) is 16.2. The second-order valence-electron chi connectivity index (χ2n) is 6.76. The molecule has 2 fully saturated rings. The van der Waals surface area contributed by atoms with Crippen LogP contribution in [0.1, 0.15) is 37.7 Å². The molecule has 1 saturated carbocycles. The van der Waals surface area contributed by atoms with Crippen molar-refractivity contribution in [3.8, 4) is 0 Å². The van der Waals surface area contributed by atoms with Gasteiger partial charge in [0.2, 0.25) is 0 Å². The zero-order valence-corrected chi connectivity index (χ0v) is 13.9. The highest BCUT2D eigenvalue weighted by Gasteiger charge is 2.24. The molecule has 0 radical (unpaired) electrons. The van der Waals surface area contributed by atoms with E-state index in [1.165, 1.54) is 25.3 Å². The van der Waals surface area contributed by atoms with Crippen LogP contribution in [0.2, 0.25) is 0 Å². The fourth-order valence-corrected chi connectivity index (χ4v) is 3.53. The minimum Gasteiger partial charge on any atom is -0.335 e. The average molecular weight is 337 g/mol. The van der Waals surface area contributed by atoms with E-state index in [9.17, 15) is 13.6 Å². The summed E-state index contributed by atoms with van der Waals surface area (Å²) in [7, 11) is 0. The number of nitrogens with one attached hydrogen (secondary N) is 1. The topological polar surface area (TPSA) is 35.6 Å². The second kappa shape index (κ2) is 7.92. The fraction of sp³-hybridized carbons (Fsp3) is 0.611. The standard InChI is InChI=1S/C18H25F2N3O/c19-16-8-4-5-14(17(16)20)13-22-9-11-23(12-10-22)18(24)21-15-6-2-1-3-7-15/h4-5,8,15H,1-3,6-7,9-13H2,(H,21,24). The Morgan fingerprint density at radius 2 is 1.79 bits per heavy atom. The molecule has 0 unspecified atom stereocenters. The van der Waals surface area contributed by atoms with Crippen molar-refractivity contribution in [2.45, 2.75) is 44.7 Å². The van der Waals surface area contributed by atoms with Crippen molar-refractivity contribution in [2.24, 2.45) is 0 Å². The molecule has 0 atom stereocenters.